The molecule has 0 heterocycles. The lowest BCUT2D eigenvalue weighted by Crippen LogP contribution is -2.04. The van der Waals surface area contributed by atoms with Gasteiger partial charge in [-0.05, 0) is 29.5 Å². The molecule has 1 rings (SSSR count). The molecule has 16 heavy (non-hydrogen) atoms. The molecule has 0 aliphatic rings. The van der Waals surface area contributed by atoms with Gasteiger partial charge in [0.2, 0.25) is 0 Å². The van der Waals surface area contributed by atoms with Gasteiger partial charge in [-0.15, -0.1) is 0 Å². The third-order valence-electron chi connectivity index (χ3n) is 1.78. The number of halogens is 1. The Balaban J connectivity index is 3.36. The molecule has 1 aromatic carbocycles. The van der Waals surface area contributed by atoms with Crippen LogP contribution in [0.15, 0.2) is 12.1 Å². The summed E-state index contributed by atoms with van der Waals surface area (Å²) in [5, 5.41) is 19.5. The van der Waals surface area contributed by atoms with Crippen LogP contribution in [0.2, 0.25) is 0 Å². The first kappa shape index (κ1) is 12.7. The van der Waals surface area contributed by atoms with Gasteiger partial charge in [0.25, 0.3) is 0 Å². The average Bonchev–Trinajstić information content (AvgIpc) is 2.17. The topological polar surface area (TPSA) is 89.7 Å². The number of hydrogen-bond donors (Lipinski definition) is 1. The molecule has 0 unspecified atom stereocenters. The predicted octanol–water partition coefficient (Wildman–Crippen LogP) is 2.30. The summed E-state index contributed by atoms with van der Waals surface area (Å²) < 4.78 is 5.48. The first-order chi connectivity index (χ1) is 7.47. The smallest absolute Gasteiger partial charge is 0.337 e. The minimum Gasteiger partial charge on any atom is -0.487 e. The molecule has 0 amide bonds. The van der Waals surface area contributed by atoms with Gasteiger partial charge in [-0.2, -0.15) is 0 Å². The van der Waals surface area contributed by atoms with Crippen molar-refractivity contribution in [3.63, 3.8) is 0 Å². The van der Waals surface area contributed by atoms with Gasteiger partial charge in [0.15, 0.2) is 5.75 Å². The first-order valence-electron chi connectivity index (χ1n) is 4.31. The Morgan fingerprint density at radius 2 is 2.25 bits per heavy atom. The molecule has 6 nitrogen and oxygen atoms in total. The van der Waals surface area contributed by atoms with Crippen molar-refractivity contribution in [1.29, 1.82) is 0 Å². The number of carboxylic acids is 1. The summed E-state index contributed by atoms with van der Waals surface area (Å²) in [6.07, 6.45) is 0. The highest BCUT2D eigenvalue weighted by molar-refractivity contribution is 14.1. The zero-order valence-corrected chi connectivity index (χ0v) is 10.4. The summed E-state index contributed by atoms with van der Waals surface area (Å²) >= 11 is 1.80. The second-order valence-corrected chi connectivity index (χ2v) is 3.96. The number of hydrogen-bond acceptors (Lipinski definition) is 4. The van der Waals surface area contributed by atoms with E-state index in [0.29, 0.717) is 3.57 Å². The Hall–Kier alpha value is -1.38. The maximum absolute atomic E-state index is 10.8. The normalized spacial score (nSPS) is 9.88. The van der Waals surface area contributed by atoms with E-state index in [0.717, 1.165) is 6.07 Å². The molecule has 7 heteroatoms. The van der Waals surface area contributed by atoms with E-state index in [1.807, 2.05) is 0 Å². The third-order valence-corrected chi connectivity index (χ3v) is 2.67. The van der Waals surface area contributed by atoms with Gasteiger partial charge in [0, 0.05) is 15.7 Å². The molecule has 86 valence electrons. The standard InChI is InChI=1S/C9H8INO5/c1-2-16-8-4-6(10)5(9(12)13)3-7(8)11(14)15/h3-4H,2H2,1H3,(H,12,13). The summed E-state index contributed by atoms with van der Waals surface area (Å²) in [5.74, 6) is -1.11. The average molecular weight is 337 g/mol. The molecule has 0 saturated heterocycles. The van der Waals surface area contributed by atoms with E-state index < -0.39 is 10.9 Å². The number of aromatic carboxylic acids is 1. The molecule has 0 aliphatic heterocycles. The van der Waals surface area contributed by atoms with Gasteiger partial charge >= 0.3 is 11.7 Å². The number of benzene rings is 1. The van der Waals surface area contributed by atoms with E-state index in [9.17, 15) is 14.9 Å². The van der Waals surface area contributed by atoms with Gasteiger partial charge in [0.05, 0.1) is 17.1 Å². The lowest BCUT2D eigenvalue weighted by atomic mass is 10.2. The Bertz CT molecular complexity index is 446. The van der Waals surface area contributed by atoms with E-state index >= 15 is 0 Å². The van der Waals surface area contributed by atoms with Crippen LogP contribution in [0.5, 0.6) is 5.75 Å². The fourth-order valence-corrected chi connectivity index (χ4v) is 1.79. The SMILES string of the molecule is CCOc1cc(I)c(C(=O)O)cc1[N+](=O)[O-]. The van der Waals surface area contributed by atoms with Gasteiger partial charge in [-0.1, -0.05) is 0 Å². The van der Waals surface area contributed by atoms with Crippen molar-refractivity contribution >= 4 is 34.2 Å². The molecule has 1 aromatic rings. The quantitative estimate of drug-likeness (QED) is 0.517. The van der Waals surface area contributed by atoms with Crippen LogP contribution in [0.3, 0.4) is 0 Å². The Morgan fingerprint density at radius 1 is 1.62 bits per heavy atom. The van der Waals surface area contributed by atoms with Crippen molar-refractivity contribution in [3.8, 4) is 5.75 Å². The van der Waals surface area contributed by atoms with Crippen molar-refractivity contribution in [1.82, 2.24) is 0 Å². The van der Waals surface area contributed by atoms with Gasteiger partial charge < -0.3 is 9.84 Å². The number of nitro groups is 1. The molecule has 1 N–H and O–H groups in total. The van der Waals surface area contributed by atoms with Gasteiger partial charge in [0.1, 0.15) is 0 Å². The van der Waals surface area contributed by atoms with Crippen LogP contribution in [0.1, 0.15) is 17.3 Å². The van der Waals surface area contributed by atoms with Crippen LogP contribution in [0, 0.1) is 13.7 Å². The minimum atomic E-state index is -1.20. The van der Waals surface area contributed by atoms with E-state index in [1.54, 1.807) is 29.5 Å². The van der Waals surface area contributed by atoms with Crippen LogP contribution in [-0.2, 0) is 0 Å². The van der Waals surface area contributed by atoms with Crippen LogP contribution < -0.4 is 4.74 Å². The number of nitrogens with zero attached hydrogens (tertiary/aromatic N) is 1. The summed E-state index contributed by atoms with van der Waals surface area (Å²) in [6.45, 7) is 1.98. The highest BCUT2D eigenvalue weighted by Crippen LogP contribution is 2.31. The molecule has 0 radical (unpaired) electrons. The lowest BCUT2D eigenvalue weighted by molar-refractivity contribution is -0.385. The molecular formula is C9H8INO5. The molecule has 0 atom stereocenters. The van der Waals surface area contributed by atoms with Crippen LogP contribution in [0.4, 0.5) is 5.69 Å². The first-order valence-corrected chi connectivity index (χ1v) is 5.39. The van der Waals surface area contributed by atoms with Crippen LogP contribution >= 0.6 is 22.6 Å². The fourth-order valence-electron chi connectivity index (χ4n) is 1.12. The molecule has 0 fully saturated rings. The summed E-state index contributed by atoms with van der Waals surface area (Å²) in [7, 11) is 0. The monoisotopic (exact) mass is 337 g/mol. The highest BCUT2D eigenvalue weighted by Gasteiger charge is 2.21. The van der Waals surface area contributed by atoms with Crippen molar-refractivity contribution in [3.05, 3.63) is 31.4 Å². The van der Waals surface area contributed by atoms with Crippen LogP contribution in [0.25, 0.3) is 0 Å². The number of carbonyl (C=O) groups is 1. The molecule has 0 aromatic heterocycles. The number of ether oxygens (including phenoxy) is 1. The summed E-state index contributed by atoms with van der Waals surface area (Å²) in [5.41, 5.74) is -0.435. The summed E-state index contributed by atoms with van der Waals surface area (Å²) in [4.78, 5) is 20.9. The maximum atomic E-state index is 10.8. The van der Waals surface area contributed by atoms with Crippen molar-refractivity contribution in [2.45, 2.75) is 6.92 Å². The largest absolute Gasteiger partial charge is 0.487 e. The zero-order valence-electron chi connectivity index (χ0n) is 8.27. The fraction of sp³-hybridized carbons (Fsp3) is 0.222. The number of nitro benzene ring substituents is 1. The second kappa shape index (κ2) is 5.10. The second-order valence-electron chi connectivity index (χ2n) is 2.80. The number of carboxylic acid groups (broad SMARTS) is 1. The molecule has 0 aliphatic carbocycles. The van der Waals surface area contributed by atoms with Crippen molar-refractivity contribution < 1.29 is 19.6 Å². The number of rotatable bonds is 4. The minimum absolute atomic E-state index is 0.0851. The molecule has 0 spiro atoms. The zero-order chi connectivity index (χ0) is 12.3. The van der Waals surface area contributed by atoms with Crippen LogP contribution in [-0.4, -0.2) is 22.6 Å². The van der Waals surface area contributed by atoms with Crippen molar-refractivity contribution in [2.24, 2.45) is 0 Å². The Kier molecular flexibility index (Phi) is 4.05. The Morgan fingerprint density at radius 3 is 2.69 bits per heavy atom. The maximum Gasteiger partial charge on any atom is 0.337 e. The third kappa shape index (κ3) is 2.60. The van der Waals surface area contributed by atoms with Gasteiger partial charge in [-0.25, -0.2) is 4.79 Å². The Labute approximate surface area is 105 Å². The molecular weight excluding hydrogens is 329 g/mol. The molecule has 0 bridgehead atoms. The molecule has 0 saturated carbocycles. The summed E-state index contributed by atoms with van der Waals surface area (Å²) in [6, 6.07) is 2.36. The lowest BCUT2D eigenvalue weighted by Gasteiger charge is -2.06. The van der Waals surface area contributed by atoms with E-state index in [1.165, 1.54) is 6.07 Å². The van der Waals surface area contributed by atoms with Gasteiger partial charge in [-0.3, -0.25) is 10.1 Å². The van der Waals surface area contributed by atoms with E-state index in [-0.39, 0.29) is 23.6 Å². The van der Waals surface area contributed by atoms with Crippen molar-refractivity contribution in [2.75, 3.05) is 6.61 Å². The predicted molar refractivity (Wildman–Crippen MR) is 63.9 cm³/mol. The highest BCUT2D eigenvalue weighted by atomic mass is 127. The van der Waals surface area contributed by atoms with E-state index in [4.69, 9.17) is 9.84 Å². The van der Waals surface area contributed by atoms with E-state index in [2.05, 4.69) is 0 Å².